The minimum Gasteiger partial charge on any atom is -0.463 e. The monoisotopic (exact) mass is 345 g/mol. The number of fused-ring (bicyclic) bond motifs is 1. The molecule has 0 unspecified atom stereocenters. The van der Waals surface area contributed by atoms with Crippen LogP contribution in [0, 0.1) is 6.92 Å². The molecule has 0 aliphatic rings. The quantitative estimate of drug-likeness (QED) is 0.554. The Hall–Kier alpha value is -3.74. The van der Waals surface area contributed by atoms with Crippen LogP contribution in [-0.4, -0.2) is 15.3 Å². The van der Waals surface area contributed by atoms with Crippen molar-refractivity contribution in [3.05, 3.63) is 72.1 Å². The number of pyridine rings is 1. The van der Waals surface area contributed by atoms with Crippen LogP contribution in [0.2, 0.25) is 0 Å². The van der Waals surface area contributed by atoms with E-state index in [0.717, 1.165) is 11.3 Å². The van der Waals surface area contributed by atoms with Gasteiger partial charge in [-0.05, 0) is 55.5 Å². The normalized spacial score (nSPS) is 11.4. The zero-order valence-corrected chi connectivity index (χ0v) is 14.0. The smallest absolute Gasteiger partial charge is 0.248 e. The topological polar surface area (TPSA) is 98.2 Å². The van der Waals surface area contributed by atoms with Crippen molar-refractivity contribution in [2.24, 2.45) is 16.0 Å². The van der Waals surface area contributed by atoms with Crippen molar-refractivity contribution in [2.75, 3.05) is 0 Å². The van der Waals surface area contributed by atoms with E-state index >= 15 is 0 Å². The lowest BCUT2D eigenvalue weighted by Crippen LogP contribution is -2.10. The zero-order chi connectivity index (χ0) is 18.1. The number of hydrogen-bond donors (Lipinski definition) is 1. The third kappa shape index (κ3) is 2.75. The number of aryl methyl sites for hydroxylation is 1. The van der Waals surface area contributed by atoms with E-state index < -0.39 is 5.91 Å². The fraction of sp³-hybridized carbons (Fsp3) is 0.0526. The van der Waals surface area contributed by atoms with Crippen molar-refractivity contribution < 1.29 is 9.21 Å². The van der Waals surface area contributed by atoms with Crippen LogP contribution in [-0.2, 0) is 0 Å². The summed E-state index contributed by atoms with van der Waals surface area (Å²) in [5.41, 5.74) is 8.62. The number of carbonyl (C=O) groups excluding carboxylic acids is 1. The summed E-state index contributed by atoms with van der Waals surface area (Å²) in [6.45, 7) is 1.97. The second-order valence-corrected chi connectivity index (χ2v) is 5.73. The predicted octanol–water partition coefficient (Wildman–Crippen LogP) is 4.42. The van der Waals surface area contributed by atoms with Crippen molar-refractivity contribution in [3.8, 4) is 11.5 Å². The van der Waals surface area contributed by atoms with E-state index in [1.807, 2.05) is 35.6 Å². The number of nitrogens with two attached hydrogens (primary N) is 1. The number of furan rings is 1. The maximum Gasteiger partial charge on any atom is 0.248 e. The second-order valence-electron chi connectivity index (χ2n) is 5.73. The summed E-state index contributed by atoms with van der Waals surface area (Å²) < 4.78 is 7.41. The Balaban J connectivity index is 1.82. The fourth-order valence-electron chi connectivity index (χ4n) is 2.70. The number of benzene rings is 1. The Morgan fingerprint density at radius 3 is 2.58 bits per heavy atom. The van der Waals surface area contributed by atoms with Gasteiger partial charge in [0.1, 0.15) is 5.65 Å². The number of primary amides is 1. The van der Waals surface area contributed by atoms with E-state index in [1.165, 1.54) is 0 Å². The Morgan fingerprint density at radius 2 is 1.88 bits per heavy atom. The minimum atomic E-state index is -0.481. The molecule has 2 N–H and O–H groups in total. The van der Waals surface area contributed by atoms with Gasteiger partial charge in [0.25, 0.3) is 0 Å². The fourth-order valence-corrected chi connectivity index (χ4v) is 2.70. The van der Waals surface area contributed by atoms with Gasteiger partial charge < -0.3 is 10.2 Å². The van der Waals surface area contributed by atoms with E-state index in [1.54, 1.807) is 36.6 Å². The number of rotatable bonds is 4. The summed E-state index contributed by atoms with van der Waals surface area (Å²) in [6.07, 6.45) is 1.59. The average Bonchev–Trinajstić information content (AvgIpc) is 3.28. The van der Waals surface area contributed by atoms with E-state index in [2.05, 4.69) is 15.2 Å². The minimum absolute atomic E-state index is 0.422. The molecular weight excluding hydrogens is 330 g/mol. The molecule has 0 bridgehead atoms. The first-order valence-corrected chi connectivity index (χ1v) is 7.97. The summed E-state index contributed by atoms with van der Waals surface area (Å²) in [6, 6.07) is 16.0. The standard InChI is InChI=1S/C19H15N5O2/c1-12-4-2-6-16-21-17(15-5-3-11-26-15)19(24(12)16)23-22-14-9-7-13(8-10-14)18(20)25/h2-11H,1H3,(H2,20,25). The summed E-state index contributed by atoms with van der Waals surface area (Å²) >= 11 is 0. The highest BCUT2D eigenvalue weighted by molar-refractivity contribution is 5.93. The van der Waals surface area contributed by atoms with Crippen molar-refractivity contribution in [3.63, 3.8) is 0 Å². The van der Waals surface area contributed by atoms with Gasteiger partial charge in [-0.15, -0.1) is 10.2 Å². The number of amides is 1. The van der Waals surface area contributed by atoms with Crippen molar-refractivity contribution in [1.29, 1.82) is 0 Å². The van der Waals surface area contributed by atoms with Gasteiger partial charge in [-0.2, -0.15) is 0 Å². The summed E-state index contributed by atoms with van der Waals surface area (Å²) in [5.74, 6) is 0.712. The van der Waals surface area contributed by atoms with E-state index in [0.29, 0.717) is 28.5 Å². The molecule has 0 aliphatic heterocycles. The lowest BCUT2D eigenvalue weighted by molar-refractivity contribution is 0.100. The first-order chi connectivity index (χ1) is 12.6. The molecule has 4 aromatic rings. The number of azo groups is 1. The van der Waals surface area contributed by atoms with Crippen molar-refractivity contribution >= 4 is 23.1 Å². The van der Waals surface area contributed by atoms with Gasteiger partial charge in [-0.3, -0.25) is 9.20 Å². The van der Waals surface area contributed by atoms with Gasteiger partial charge in [0.2, 0.25) is 5.91 Å². The first kappa shape index (κ1) is 15.8. The van der Waals surface area contributed by atoms with Crippen LogP contribution < -0.4 is 5.73 Å². The highest BCUT2D eigenvalue weighted by atomic mass is 16.3. The molecule has 7 heteroatoms. The molecule has 0 fully saturated rings. The van der Waals surface area contributed by atoms with E-state index in [-0.39, 0.29) is 0 Å². The largest absolute Gasteiger partial charge is 0.463 e. The van der Waals surface area contributed by atoms with Crippen LogP contribution in [0.3, 0.4) is 0 Å². The highest BCUT2D eigenvalue weighted by Gasteiger charge is 2.17. The zero-order valence-electron chi connectivity index (χ0n) is 14.0. The summed E-state index contributed by atoms with van der Waals surface area (Å²) in [4.78, 5) is 15.8. The molecular formula is C19H15N5O2. The predicted molar refractivity (Wildman–Crippen MR) is 96.8 cm³/mol. The highest BCUT2D eigenvalue weighted by Crippen LogP contribution is 2.33. The van der Waals surface area contributed by atoms with Crippen LogP contribution in [0.4, 0.5) is 11.5 Å². The Morgan fingerprint density at radius 1 is 1.08 bits per heavy atom. The van der Waals surface area contributed by atoms with Gasteiger partial charge in [-0.1, -0.05) is 6.07 Å². The molecule has 3 heterocycles. The molecule has 3 aromatic heterocycles. The Bertz CT molecular complexity index is 1110. The molecule has 0 aliphatic carbocycles. The Kier molecular flexibility index (Phi) is 3.81. The summed E-state index contributed by atoms with van der Waals surface area (Å²) in [7, 11) is 0. The molecule has 4 rings (SSSR count). The Labute approximate surface area is 148 Å². The van der Waals surface area contributed by atoms with Crippen LogP contribution in [0.5, 0.6) is 0 Å². The number of aromatic nitrogens is 2. The third-order valence-corrected chi connectivity index (χ3v) is 3.98. The summed E-state index contributed by atoms with van der Waals surface area (Å²) in [5, 5.41) is 8.69. The third-order valence-electron chi connectivity index (χ3n) is 3.98. The number of nitrogens with zero attached hydrogens (tertiary/aromatic N) is 4. The molecule has 128 valence electrons. The average molecular weight is 345 g/mol. The molecule has 26 heavy (non-hydrogen) atoms. The molecule has 0 atom stereocenters. The molecule has 1 amide bonds. The van der Waals surface area contributed by atoms with Crippen molar-refractivity contribution in [1.82, 2.24) is 9.38 Å². The van der Waals surface area contributed by atoms with Crippen LogP contribution in [0.1, 0.15) is 16.1 Å². The lowest BCUT2D eigenvalue weighted by atomic mass is 10.2. The van der Waals surface area contributed by atoms with Crippen LogP contribution in [0.15, 0.2) is 75.5 Å². The maximum absolute atomic E-state index is 11.2. The second kappa shape index (κ2) is 6.29. The van der Waals surface area contributed by atoms with Crippen LogP contribution >= 0.6 is 0 Å². The van der Waals surface area contributed by atoms with Crippen LogP contribution in [0.25, 0.3) is 17.1 Å². The lowest BCUT2D eigenvalue weighted by Gasteiger charge is -2.01. The number of carbonyl (C=O) groups is 1. The number of hydrogen-bond acceptors (Lipinski definition) is 5. The molecule has 0 spiro atoms. The van der Waals surface area contributed by atoms with Crippen molar-refractivity contribution in [2.45, 2.75) is 6.92 Å². The van der Waals surface area contributed by atoms with E-state index in [9.17, 15) is 4.79 Å². The van der Waals surface area contributed by atoms with Gasteiger partial charge in [0, 0.05) is 11.3 Å². The number of imidazole rings is 1. The first-order valence-electron chi connectivity index (χ1n) is 7.97. The van der Waals surface area contributed by atoms with Gasteiger partial charge in [0.05, 0.1) is 12.0 Å². The molecule has 1 aromatic carbocycles. The van der Waals surface area contributed by atoms with Gasteiger partial charge in [-0.25, -0.2) is 4.98 Å². The van der Waals surface area contributed by atoms with Gasteiger partial charge >= 0.3 is 0 Å². The maximum atomic E-state index is 11.2. The molecule has 7 nitrogen and oxygen atoms in total. The molecule has 0 saturated carbocycles. The molecule has 0 radical (unpaired) electrons. The SMILES string of the molecule is Cc1cccc2nc(-c3ccco3)c(N=Nc3ccc(C(N)=O)cc3)n12. The molecule has 0 saturated heterocycles. The van der Waals surface area contributed by atoms with Gasteiger partial charge in [0.15, 0.2) is 17.3 Å². The van der Waals surface area contributed by atoms with E-state index in [4.69, 9.17) is 10.2 Å².